The summed E-state index contributed by atoms with van der Waals surface area (Å²) >= 11 is 0. The van der Waals surface area contributed by atoms with Crippen LogP contribution in [0, 0.1) is 6.92 Å². The number of hydrogen-bond acceptors (Lipinski definition) is 5. The number of anilines is 1. The van der Waals surface area contributed by atoms with Gasteiger partial charge in [-0.15, -0.1) is 0 Å². The van der Waals surface area contributed by atoms with E-state index < -0.39 is 6.10 Å². The molecular formula is C26H41Cl2N5O2. The molecule has 196 valence electrons. The number of azo groups is 1. The van der Waals surface area contributed by atoms with E-state index in [1.807, 2.05) is 64.5 Å². The van der Waals surface area contributed by atoms with Gasteiger partial charge in [0, 0.05) is 24.3 Å². The average Bonchev–Trinajstić information content (AvgIpc) is 2.69. The van der Waals surface area contributed by atoms with Gasteiger partial charge in [-0.2, -0.15) is 10.2 Å². The zero-order valence-corrected chi connectivity index (χ0v) is 23.8. The van der Waals surface area contributed by atoms with E-state index in [1.165, 1.54) is 0 Å². The zero-order chi connectivity index (χ0) is 24.8. The van der Waals surface area contributed by atoms with Crippen molar-refractivity contribution in [1.29, 1.82) is 0 Å². The molecule has 0 saturated carbocycles. The Kier molecular flexibility index (Phi) is 13.1. The molecule has 0 saturated heterocycles. The number of ketones is 1. The van der Waals surface area contributed by atoms with Crippen LogP contribution in [-0.4, -0.2) is 94.4 Å². The third-order valence-corrected chi connectivity index (χ3v) is 5.20. The highest BCUT2D eigenvalue weighted by Crippen LogP contribution is 2.27. The van der Waals surface area contributed by atoms with Gasteiger partial charge in [0.25, 0.3) is 0 Å². The molecule has 1 N–H and O–H groups in total. The molecule has 0 aromatic heterocycles. The molecule has 0 aliphatic heterocycles. The summed E-state index contributed by atoms with van der Waals surface area (Å²) in [6, 6.07) is 13.3. The Morgan fingerprint density at radius 2 is 1.54 bits per heavy atom. The van der Waals surface area contributed by atoms with Crippen LogP contribution >= 0.6 is 0 Å². The second kappa shape index (κ2) is 13.9. The standard InChI is InChI=1S/C26H41N5O2.2ClH/c1-9-29(17-24(32)18-30(3,4)5)23-14-15-25(20(2)16-23)28-27-22-12-10-21(11-13-22)26(33)19-31(6,7)8;;/h10-16,24,32H,9,17-19H2,1-8H3;2*1H/q+2;;/p-2. The number of Topliss-reactive ketones (excluding diaryl/α,β-unsaturated/α-hetero) is 1. The van der Waals surface area contributed by atoms with Gasteiger partial charge in [-0.25, -0.2) is 0 Å². The summed E-state index contributed by atoms with van der Waals surface area (Å²) in [5, 5.41) is 19.2. The van der Waals surface area contributed by atoms with Crippen LogP contribution in [0.2, 0.25) is 0 Å². The summed E-state index contributed by atoms with van der Waals surface area (Å²) in [6.45, 7) is 6.66. The molecule has 0 radical (unpaired) electrons. The maximum absolute atomic E-state index is 12.4. The van der Waals surface area contributed by atoms with E-state index >= 15 is 0 Å². The fourth-order valence-electron chi connectivity index (χ4n) is 3.66. The Labute approximate surface area is 223 Å². The first-order valence-electron chi connectivity index (χ1n) is 11.5. The van der Waals surface area contributed by atoms with E-state index in [-0.39, 0.29) is 30.6 Å². The van der Waals surface area contributed by atoms with Crippen LogP contribution in [0.15, 0.2) is 52.7 Å². The van der Waals surface area contributed by atoms with Gasteiger partial charge in [0.05, 0.1) is 53.7 Å². The number of aryl methyl sites for hydroxylation is 1. The van der Waals surface area contributed by atoms with Crippen LogP contribution in [0.25, 0.3) is 0 Å². The molecule has 2 aromatic carbocycles. The lowest BCUT2D eigenvalue weighted by Crippen LogP contribution is -3.00. The van der Waals surface area contributed by atoms with Gasteiger partial charge in [0.2, 0.25) is 5.78 Å². The molecule has 2 aromatic rings. The van der Waals surface area contributed by atoms with Gasteiger partial charge in [0.1, 0.15) is 19.2 Å². The lowest BCUT2D eigenvalue weighted by atomic mass is 10.1. The molecular weight excluding hydrogens is 485 g/mol. The van der Waals surface area contributed by atoms with Crippen LogP contribution in [0.5, 0.6) is 0 Å². The highest BCUT2D eigenvalue weighted by molar-refractivity contribution is 5.97. The van der Waals surface area contributed by atoms with Crippen molar-refractivity contribution in [3.05, 3.63) is 53.6 Å². The van der Waals surface area contributed by atoms with E-state index in [2.05, 4.69) is 49.3 Å². The molecule has 0 aliphatic carbocycles. The van der Waals surface area contributed by atoms with Gasteiger partial charge in [-0.05, 0) is 61.9 Å². The zero-order valence-electron chi connectivity index (χ0n) is 22.3. The predicted molar refractivity (Wildman–Crippen MR) is 136 cm³/mol. The van der Waals surface area contributed by atoms with Crippen LogP contribution in [0.1, 0.15) is 22.8 Å². The minimum Gasteiger partial charge on any atom is -1.00 e. The molecule has 0 bridgehead atoms. The molecule has 35 heavy (non-hydrogen) atoms. The third kappa shape index (κ3) is 11.5. The number of quaternary nitrogens is 2. The number of likely N-dealkylation sites (N-methyl/N-ethyl adjacent to an activating group) is 3. The lowest BCUT2D eigenvalue weighted by Gasteiger charge is -2.31. The Balaban J connectivity index is 0.00000578. The number of benzene rings is 2. The predicted octanol–water partition coefficient (Wildman–Crippen LogP) is -1.80. The molecule has 0 fully saturated rings. The quantitative estimate of drug-likeness (QED) is 0.214. The summed E-state index contributed by atoms with van der Waals surface area (Å²) < 4.78 is 1.32. The van der Waals surface area contributed by atoms with Crippen molar-refractivity contribution in [3.63, 3.8) is 0 Å². The van der Waals surface area contributed by atoms with Crippen LogP contribution < -0.4 is 29.7 Å². The highest BCUT2D eigenvalue weighted by Gasteiger charge is 2.19. The number of aliphatic hydroxyl groups is 1. The van der Waals surface area contributed by atoms with Crippen molar-refractivity contribution in [2.24, 2.45) is 10.2 Å². The van der Waals surface area contributed by atoms with E-state index in [0.717, 1.165) is 28.0 Å². The molecule has 0 spiro atoms. The number of carbonyl (C=O) groups excluding carboxylic acids is 1. The van der Waals surface area contributed by atoms with E-state index in [0.29, 0.717) is 35.4 Å². The van der Waals surface area contributed by atoms with E-state index in [1.54, 1.807) is 0 Å². The normalized spacial score (nSPS) is 12.6. The van der Waals surface area contributed by atoms with Crippen LogP contribution in [-0.2, 0) is 0 Å². The van der Waals surface area contributed by atoms with Gasteiger partial charge in [-0.3, -0.25) is 4.79 Å². The lowest BCUT2D eigenvalue weighted by molar-refractivity contribution is -0.873. The number of nitrogens with zero attached hydrogens (tertiary/aromatic N) is 5. The SMILES string of the molecule is CCN(CC(O)C[N+](C)(C)C)c1ccc(N=Nc2ccc(C(=O)C[N+](C)(C)C)cc2)c(C)c1.[Cl-].[Cl-]. The summed E-state index contributed by atoms with van der Waals surface area (Å²) in [5.41, 5.74) is 4.28. The number of carbonyl (C=O) groups is 1. The molecule has 0 aliphatic rings. The maximum atomic E-state index is 12.4. The molecule has 1 atom stereocenters. The first kappa shape index (κ1) is 33.0. The van der Waals surface area contributed by atoms with Crippen LogP contribution in [0.4, 0.5) is 17.1 Å². The smallest absolute Gasteiger partial charge is 0.216 e. The maximum Gasteiger partial charge on any atom is 0.216 e. The fourth-order valence-corrected chi connectivity index (χ4v) is 3.66. The van der Waals surface area contributed by atoms with Crippen molar-refractivity contribution >= 4 is 22.8 Å². The second-order valence-electron chi connectivity index (χ2n) is 10.8. The summed E-state index contributed by atoms with van der Waals surface area (Å²) in [6.07, 6.45) is -0.401. The fraction of sp³-hybridized carbons (Fsp3) is 0.500. The summed E-state index contributed by atoms with van der Waals surface area (Å²) in [7, 11) is 12.3. The minimum atomic E-state index is -0.401. The number of halogens is 2. The Morgan fingerprint density at radius 1 is 0.943 bits per heavy atom. The minimum absolute atomic E-state index is 0. The number of rotatable bonds is 11. The summed E-state index contributed by atoms with van der Waals surface area (Å²) in [4.78, 5) is 14.5. The van der Waals surface area contributed by atoms with Crippen molar-refractivity contribution in [2.75, 3.05) is 73.4 Å². The topological polar surface area (TPSA) is 65.3 Å². The average molecular weight is 527 g/mol. The molecule has 0 heterocycles. The van der Waals surface area contributed by atoms with Gasteiger partial charge < -0.3 is 43.8 Å². The monoisotopic (exact) mass is 525 g/mol. The Hall–Kier alpha value is -2.03. The largest absolute Gasteiger partial charge is 1.00 e. The number of aliphatic hydroxyl groups excluding tert-OH is 1. The van der Waals surface area contributed by atoms with Crippen molar-refractivity contribution in [1.82, 2.24) is 0 Å². The van der Waals surface area contributed by atoms with Gasteiger partial charge >= 0.3 is 0 Å². The van der Waals surface area contributed by atoms with Crippen molar-refractivity contribution in [2.45, 2.75) is 20.0 Å². The summed E-state index contributed by atoms with van der Waals surface area (Å²) in [5.74, 6) is 0.115. The van der Waals surface area contributed by atoms with E-state index in [9.17, 15) is 9.90 Å². The Morgan fingerprint density at radius 3 is 2.03 bits per heavy atom. The molecule has 7 nitrogen and oxygen atoms in total. The molecule has 1 unspecified atom stereocenters. The molecule has 2 rings (SSSR count). The first-order valence-corrected chi connectivity index (χ1v) is 11.5. The number of hydrogen-bond donors (Lipinski definition) is 1. The van der Waals surface area contributed by atoms with Crippen molar-refractivity contribution < 1.29 is 43.7 Å². The van der Waals surface area contributed by atoms with E-state index in [4.69, 9.17) is 0 Å². The van der Waals surface area contributed by atoms with Gasteiger partial charge in [-0.1, -0.05) is 0 Å². The van der Waals surface area contributed by atoms with Crippen LogP contribution in [0.3, 0.4) is 0 Å². The van der Waals surface area contributed by atoms with Crippen molar-refractivity contribution in [3.8, 4) is 0 Å². The first-order chi connectivity index (χ1) is 15.3. The van der Waals surface area contributed by atoms with Gasteiger partial charge in [0.15, 0.2) is 0 Å². The second-order valence-corrected chi connectivity index (χ2v) is 10.8. The molecule has 0 amide bonds. The highest BCUT2D eigenvalue weighted by atomic mass is 35.5. The Bertz CT molecular complexity index is 967. The third-order valence-electron chi connectivity index (χ3n) is 5.20. The molecule has 9 heteroatoms.